The van der Waals surface area contributed by atoms with Gasteiger partial charge in [0.2, 0.25) is 5.95 Å². The van der Waals surface area contributed by atoms with Crippen LogP contribution in [0.4, 0.5) is 5.95 Å². The number of benzene rings is 1. The van der Waals surface area contributed by atoms with Gasteiger partial charge < -0.3 is 14.5 Å². The summed E-state index contributed by atoms with van der Waals surface area (Å²) in [5.41, 5.74) is 3.02. The Hall–Kier alpha value is -2.63. The number of likely N-dealkylation sites (tertiary alicyclic amines) is 1. The Labute approximate surface area is 166 Å². The van der Waals surface area contributed by atoms with Gasteiger partial charge in [-0.15, -0.1) is 0 Å². The number of rotatable bonds is 4. The SMILES string of the molecule is CCOc1cccc(C(=O)N2CCCC3(CCc4cnc(N(C)C)nc43)C2)c1. The van der Waals surface area contributed by atoms with E-state index in [1.807, 2.05) is 61.3 Å². The largest absolute Gasteiger partial charge is 0.494 e. The molecule has 0 saturated carbocycles. The van der Waals surface area contributed by atoms with E-state index >= 15 is 0 Å². The van der Waals surface area contributed by atoms with E-state index in [0.29, 0.717) is 12.2 Å². The lowest BCUT2D eigenvalue weighted by atomic mass is 9.77. The average molecular weight is 380 g/mol. The van der Waals surface area contributed by atoms with Crippen LogP contribution in [0.15, 0.2) is 30.5 Å². The molecular formula is C22H28N4O2. The lowest BCUT2D eigenvalue weighted by Gasteiger charge is -2.40. The minimum Gasteiger partial charge on any atom is -0.494 e. The van der Waals surface area contributed by atoms with Gasteiger partial charge >= 0.3 is 0 Å². The summed E-state index contributed by atoms with van der Waals surface area (Å²) in [4.78, 5) is 26.5. The molecule has 148 valence electrons. The van der Waals surface area contributed by atoms with Crippen molar-refractivity contribution in [3.8, 4) is 5.75 Å². The van der Waals surface area contributed by atoms with Crippen LogP contribution in [0.2, 0.25) is 0 Å². The molecule has 6 nitrogen and oxygen atoms in total. The normalized spacial score (nSPS) is 20.9. The lowest BCUT2D eigenvalue weighted by Crippen LogP contribution is -2.48. The molecule has 2 heterocycles. The molecule has 1 spiro atoms. The molecule has 28 heavy (non-hydrogen) atoms. The van der Waals surface area contributed by atoms with E-state index in [1.165, 1.54) is 5.56 Å². The molecule has 2 aliphatic rings. The Morgan fingerprint density at radius 2 is 2.18 bits per heavy atom. The molecule has 1 atom stereocenters. The van der Waals surface area contributed by atoms with Crippen LogP contribution in [0.1, 0.15) is 47.8 Å². The second kappa shape index (κ2) is 7.41. The molecule has 2 aromatic rings. The molecule has 1 aliphatic carbocycles. The van der Waals surface area contributed by atoms with Gasteiger partial charge in [0.1, 0.15) is 5.75 Å². The standard InChI is InChI=1S/C22H28N4O2/c1-4-28-18-8-5-7-16(13-18)20(27)26-12-6-10-22(15-26)11-9-17-14-23-21(25(2)3)24-19(17)22/h5,7-8,13-14H,4,6,9-12,15H2,1-3H3. The summed E-state index contributed by atoms with van der Waals surface area (Å²) in [6, 6.07) is 7.51. The zero-order valence-corrected chi connectivity index (χ0v) is 16.9. The van der Waals surface area contributed by atoms with Crippen LogP contribution < -0.4 is 9.64 Å². The second-order valence-electron chi connectivity index (χ2n) is 8.01. The molecule has 0 N–H and O–H groups in total. The van der Waals surface area contributed by atoms with Gasteiger partial charge in [-0.1, -0.05) is 6.07 Å². The third-order valence-corrected chi connectivity index (χ3v) is 5.88. The maximum absolute atomic E-state index is 13.2. The number of carbonyl (C=O) groups excluding carboxylic acids is 1. The van der Waals surface area contributed by atoms with E-state index in [0.717, 1.165) is 56.2 Å². The van der Waals surface area contributed by atoms with Crippen molar-refractivity contribution in [3.63, 3.8) is 0 Å². The van der Waals surface area contributed by atoms with Crippen LogP contribution in [-0.4, -0.2) is 54.6 Å². The summed E-state index contributed by atoms with van der Waals surface area (Å²) < 4.78 is 5.57. The number of carbonyl (C=O) groups is 1. The van der Waals surface area contributed by atoms with Gasteiger partial charge in [0.15, 0.2) is 0 Å². The summed E-state index contributed by atoms with van der Waals surface area (Å²) in [5.74, 6) is 1.57. The van der Waals surface area contributed by atoms with Crippen LogP contribution in [0.3, 0.4) is 0 Å². The second-order valence-corrected chi connectivity index (χ2v) is 8.01. The highest BCUT2D eigenvalue weighted by molar-refractivity contribution is 5.94. The topological polar surface area (TPSA) is 58.6 Å². The number of aryl methyl sites for hydroxylation is 1. The van der Waals surface area contributed by atoms with Crippen LogP contribution >= 0.6 is 0 Å². The number of piperidine rings is 1. The molecule has 0 bridgehead atoms. The molecule has 1 aromatic heterocycles. The first-order valence-corrected chi connectivity index (χ1v) is 10.1. The number of ether oxygens (including phenoxy) is 1. The van der Waals surface area contributed by atoms with E-state index in [-0.39, 0.29) is 11.3 Å². The van der Waals surface area contributed by atoms with Crippen molar-refractivity contribution < 1.29 is 9.53 Å². The van der Waals surface area contributed by atoms with Crippen LogP contribution in [0.25, 0.3) is 0 Å². The number of anilines is 1. The highest BCUT2D eigenvalue weighted by Gasteiger charge is 2.45. The fourth-order valence-corrected chi connectivity index (χ4v) is 4.52. The number of hydrogen-bond acceptors (Lipinski definition) is 5. The first-order valence-electron chi connectivity index (χ1n) is 10.1. The Bertz CT molecular complexity index is 879. The summed E-state index contributed by atoms with van der Waals surface area (Å²) in [6.07, 6.45) is 6.07. The number of nitrogens with zero attached hydrogens (tertiary/aromatic N) is 4. The van der Waals surface area contributed by atoms with Crippen molar-refractivity contribution in [1.82, 2.24) is 14.9 Å². The molecule has 1 fully saturated rings. The van der Waals surface area contributed by atoms with Crippen LogP contribution in [0, 0.1) is 0 Å². The summed E-state index contributed by atoms with van der Waals surface area (Å²) >= 11 is 0. The zero-order chi connectivity index (χ0) is 19.7. The number of amides is 1. The molecule has 1 saturated heterocycles. The monoisotopic (exact) mass is 380 g/mol. The number of fused-ring (bicyclic) bond motifs is 2. The van der Waals surface area contributed by atoms with E-state index in [1.54, 1.807) is 0 Å². The highest BCUT2D eigenvalue weighted by atomic mass is 16.5. The third-order valence-electron chi connectivity index (χ3n) is 5.88. The summed E-state index contributed by atoms with van der Waals surface area (Å²) in [7, 11) is 3.93. The Morgan fingerprint density at radius 3 is 2.96 bits per heavy atom. The van der Waals surface area contributed by atoms with Crippen molar-refractivity contribution in [3.05, 3.63) is 47.3 Å². The van der Waals surface area contributed by atoms with E-state index in [4.69, 9.17) is 9.72 Å². The van der Waals surface area contributed by atoms with Crippen molar-refractivity contribution in [2.24, 2.45) is 0 Å². The van der Waals surface area contributed by atoms with Crippen molar-refractivity contribution in [1.29, 1.82) is 0 Å². The van der Waals surface area contributed by atoms with Crippen LogP contribution in [0.5, 0.6) is 5.75 Å². The maximum atomic E-state index is 13.2. The van der Waals surface area contributed by atoms with Gasteiger partial charge in [-0.05, 0) is 56.4 Å². The Morgan fingerprint density at radius 1 is 1.32 bits per heavy atom. The first kappa shape index (κ1) is 18.7. The Kier molecular flexibility index (Phi) is 4.96. The van der Waals surface area contributed by atoms with Gasteiger partial charge in [-0.3, -0.25) is 4.79 Å². The van der Waals surface area contributed by atoms with Gasteiger partial charge in [-0.2, -0.15) is 0 Å². The third kappa shape index (κ3) is 3.32. The quantitative estimate of drug-likeness (QED) is 0.816. The minimum atomic E-state index is -0.0472. The maximum Gasteiger partial charge on any atom is 0.254 e. The predicted octanol–water partition coefficient (Wildman–Crippen LogP) is 3.06. The number of hydrogen-bond donors (Lipinski definition) is 0. The van der Waals surface area contributed by atoms with Gasteiger partial charge in [0, 0.05) is 44.4 Å². The van der Waals surface area contributed by atoms with Crippen molar-refractivity contribution in [2.75, 3.05) is 38.7 Å². The first-order chi connectivity index (χ1) is 13.5. The van der Waals surface area contributed by atoms with Crippen molar-refractivity contribution >= 4 is 11.9 Å². The van der Waals surface area contributed by atoms with Crippen LogP contribution in [-0.2, 0) is 11.8 Å². The summed E-state index contributed by atoms with van der Waals surface area (Å²) in [5, 5.41) is 0. The summed E-state index contributed by atoms with van der Waals surface area (Å²) in [6.45, 7) is 4.06. The molecule has 6 heteroatoms. The Balaban J connectivity index is 1.60. The predicted molar refractivity (Wildman–Crippen MR) is 109 cm³/mol. The molecule has 1 unspecified atom stereocenters. The molecule has 1 amide bonds. The highest BCUT2D eigenvalue weighted by Crippen LogP contribution is 2.44. The van der Waals surface area contributed by atoms with Gasteiger partial charge in [-0.25, -0.2) is 9.97 Å². The minimum absolute atomic E-state index is 0.0472. The molecule has 1 aromatic carbocycles. The smallest absolute Gasteiger partial charge is 0.254 e. The fourth-order valence-electron chi connectivity index (χ4n) is 4.52. The molecule has 0 radical (unpaired) electrons. The van der Waals surface area contributed by atoms with Gasteiger partial charge in [0.05, 0.1) is 12.3 Å². The van der Waals surface area contributed by atoms with Gasteiger partial charge in [0.25, 0.3) is 5.91 Å². The molecule has 4 rings (SSSR count). The lowest BCUT2D eigenvalue weighted by molar-refractivity contribution is 0.0633. The average Bonchev–Trinajstić information content (AvgIpc) is 3.05. The van der Waals surface area contributed by atoms with E-state index < -0.39 is 0 Å². The molecular weight excluding hydrogens is 352 g/mol. The number of aromatic nitrogens is 2. The zero-order valence-electron chi connectivity index (χ0n) is 16.9. The fraction of sp³-hybridized carbons (Fsp3) is 0.500. The van der Waals surface area contributed by atoms with E-state index in [2.05, 4.69) is 4.98 Å². The van der Waals surface area contributed by atoms with Crippen molar-refractivity contribution in [2.45, 2.75) is 38.0 Å². The van der Waals surface area contributed by atoms with E-state index in [9.17, 15) is 4.79 Å². The molecule has 1 aliphatic heterocycles.